The normalized spacial score (nSPS) is 21.6. The lowest BCUT2D eigenvalue weighted by atomic mass is 9.89. The lowest BCUT2D eigenvalue weighted by molar-refractivity contribution is -0.137. The first-order chi connectivity index (χ1) is 15.3. The van der Waals surface area contributed by atoms with Crippen LogP contribution in [0.3, 0.4) is 0 Å². The summed E-state index contributed by atoms with van der Waals surface area (Å²) in [5.41, 5.74) is 0.0297. The average molecular weight is 453 g/mol. The number of halogens is 5. The van der Waals surface area contributed by atoms with Crippen molar-refractivity contribution in [1.29, 1.82) is 0 Å². The summed E-state index contributed by atoms with van der Waals surface area (Å²) in [7, 11) is 0. The molecule has 0 bridgehead atoms. The van der Waals surface area contributed by atoms with Crippen molar-refractivity contribution in [2.45, 2.75) is 25.6 Å². The Morgan fingerprint density at radius 3 is 2.44 bits per heavy atom. The predicted octanol–water partition coefficient (Wildman–Crippen LogP) is 3.47. The monoisotopic (exact) mass is 453 g/mol. The number of aromatic nitrogens is 5. The van der Waals surface area contributed by atoms with Crippen LogP contribution in [-0.4, -0.2) is 57.3 Å². The Balaban J connectivity index is 1.30. The molecule has 2 fully saturated rings. The molecule has 0 saturated carbocycles. The minimum absolute atomic E-state index is 0.288. The van der Waals surface area contributed by atoms with Gasteiger partial charge < -0.3 is 9.80 Å². The minimum atomic E-state index is -4.41. The van der Waals surface area contributed by atoms with E-state index < -0.39 is 24.7 Å². The molecule has 170 valence electrons. The zero-order valence-electron chi connectivity index (χ0n) is 16.9. The van der Waals surface area contributed by atoms with Crippen LogP contribution < -0.4 is 9.80 Å². The van der Waals surface area contributed by atoms with E-state index in [0.29, 0.717) is 48.4 Å². The molecule has 7 nitrogen and oxygen atoms in total. The molecule has 0 spiro atoms. The number of nitrogens with zero attached hydrogens (tertiary/aromatic N) is 7. The molecule has 0 aromatic carbocycles. The van der Waals surface area contributed by atoms with Gasteiger partial charge in [-0.3, -0.25) is 0 Å². The van der Waals surface area contributed by atoms with Crippen molar-refractivity contribution in [2.24, 2.45) is 11.8 Å². The molecule has 5 heterocycles. The van der Waals surface area contributed by atoms with Gasteiger partial charge in [0.25, 0.3) is 6.43 Å². The molecule has 0 aliphatic carbocycles. The van der Waals surface area contributed by atoms with E-state index in [1.54, 1.807) is 6.20 Å². The molecule has 2 atom stereocenters. The van der Waals surface area contributed by atoms with E-state index in [1.165, 1.54) is 12.3 Å². The number of pyridine rings is 1. The van der Waals surface area contributed by atoms with Gasteiger partial charge in [-0.05, 0) is 30.4 Å². The maximum atomic E-state index is 12.8. The Labute approximate surface area is 179 Å². The van der Waals surface area contributed by atoms with Crippen LogP contribution in [-0.2, 0) is 12.7 Å². The first kappa shape index (κ1) is 20.8. The van der Waals surface area contributed by atoms with E-state index in [1.807, 2.05) is 4.90 Å². The van der Waals surface area contributed by atoms with Crippen molar-refractivity contribution < 1.29 is 22.0 Å². The highest BCUT2D eigenvalue weighted by Gasteiger charge is 2.38. The van der Waals surface area contributed by atoms with E-state index >= 15 is 0 Å². The summed E-state index contributed by atoms with van der Waals surface area (Å²) < 4.78 is 65.1. The Kier molecular flexibility index (Phi) is 5.09. The van der Waals surface area contributed by atoms with E-state index in [9.17, 15) is 22.0 Å². The number of hydrogen-bond acceptors (Lipinski definition) is 6. The van der Waals surface area contributed by atoms with Crippen LogP contribution in [0.15, 0.2) is 30.7 Å². The highest BCUT2D eigenvalue weighted by molar-refractivity contribution is 5.71. The Bertz CT molecular complexity index is 1100. The second-order valence-corrected chi connectivity index (χ2v) is 8.22. The number of piperidine rings is 1. The van der Waals surface area contributed by atoms with Gasteiger partial charge in [0.2, 0.25) is 0 Å². The molecule has 2 aliphatic rings. The van der Waals surface area contributed by atoms with Crippen LogP contribution in [0.1, 0.15) is 12.0 Å². The SMILES string of the molecule is FC(F)Cn1ncc2ncc(N3C[C@H]4CCN(c5ccc(C(F)(F)F)cn5)C[C@H]4C3)nc21. The Hall–Kier alpha value is -3.05. The minimum Gasteiger partial charge on any atom is -0.356 e. The van der Waals surface area contributed by atoms with Gasteiger partial charge in [0.05, 0.1) is 18.0 Å². The van der Waals surface area contributed by atoms with Gasteiger partial charge in [0.1, 0.15) is 23.7 Å². The summed E-state index contributed by atoms with van der Waals surface area (Å²) in [6.07, 6.45) is -2.14. The van der Waals surface area contributed by atoms with Gasteiger partial charge in [-0.25, -0.2) is 28.4 Å². The van der Waals surface area contributed by atoms with Crippen molar-refractivity contribution in [2.75, 3.05) is 36.0 Å². The fourth-order valence-electron chi connectivity index (χ4n) is 4.56. The largest absolute Gasteiger partial charge is 0.417 e. The summed E-state index contributed by atoms with van der Waals surface area (Å²) >= 11 is 0. The van der Waals surface area contributed by atoms with Crippen LogP contribution in [0.2, 0.25) is 0 Å². The molecule has 0 amide bonds. The van der Waals surface area contributed by atoms with E-state index in [4.69, 9.17) is 0 Å². The molecule has 3 aromatic rings. The van der Waals surface area contributed by atoms with E-state index in [2.05, 4.69) is 25.0 Å². The van der Waals surface area contributed by atoms with Crippen LogP contribution in [0.25, 0.3) is 11.2 Å². The second kappa shape index (κ2) is 7.82. The molecule has 3 aromatic heterocycles. The standard InChI is InChI=1S/C20H20F5N7/c21-16(22)11-32-19-15(6-28-32)26-7-18(29-19)31-8-12-3-4-30(9-13(12)10-31)17-2-1-14(5-27-17)20(23,24)25/h1-2,5-7,12-13,16H,3-4,8-11H2/t12-,13+/m1/s1. The van der Waals surface area contributed by atoms with Crippen molar-refractivity contribution in [3.63, 3.8) is 0 Å². The fourth-order valence-corrected chi connectivity index (χ4v) is 4.56. The topological polar surface area (TPSA) is 63.0 Å². The molecular weight excluding hydrogens is 433 g/mol. The molecule has 0 N–H and O–H groups in total. The highest BCUT2D eigenvalue weighted by Crippen LogP contribution is 2.35. The number of hydrogen-bond donors (Lipinski definition) is 0. The van der Waals surface area contributed by atoms with Crippen molar-refractivity contribution in [3.8, 4) is 0 Å². The fraction of sp³-hybridized carbons (Fsp3) is 0.500. The Morgan fingerprint density at radius 1 is 0.938 bits per heavy atom. The molecule has 5 rings (SSSR count). The molecule has 2 aliphatic heterocycles. The first-order valence-electron chi connectivity index (χ1n) is 10.3. The lowest BCUT2D eigenvalue weighted by Crippen LogP contribution is -2.40. The predicted molar refractivity (Wildman–Crippen MR) is 107 cm³/mol. The van der Waals surface area contributed by atoms with Crippen molar-refractivity contribution >= 4 is 22.8 Å². The maximum Gasteiger partial charge on any atom is 0.417 e. The van der Waals surface area contributed by atoms with Gasteiger partial charge in [0, 0.05) is 32.4 Å². The number of rotatable bonds is 4. The number of fused-ring (bicyclic) bond motifs is 2. The number of anilines is 2. The molecular formula is C20H20F5N7. The Morgan fingerprint density at radius 2 is 1.72 bits per heavy atom. The zero-order valence-corrected chi connectivity index (χ0v) is 16.9. The van der Waals surface area contributed by atoms with Gasteiger partial charge in [-0.15, -0.1) is 0 Å². The quantitative estimate of drug-likeness (QED) is 0.564. The summed E-state index contributed by atoms with van der Waals surface area (Å²) in [6, 6.07) is 2.47. The third-order valence-electron chi connectivity index (χ3n) is 6.17. The summed E-state index contributed by atoms with van der Waals surface area (Å²) in [6.45, 7) is 2.31. The summed E-state index contributed by atoms with van der Waals surface area (Å²) in [4.78, 5) is 17.0. The van der Waals surface area contributed by atoms with Crippen LogP contribution in [0.4, 0.5) is 33.6 Å². The van der Waals surface area contributed by atoms with Gasteiger partial charge >= 0.3 is 6.18 Å². The molecule has 0 unspecified atom stereocenters. The molecule has 2 saturated heterocycles. The van der Waals surface area contributed by atoms with Crippen LogP contribution in [0.5, 0.6) is 0 Å². The zero-order chi connectivity index (χ0) is 22.5. The second-order valence-electron chi connectivity index (χ2n) is 8.22. The third kappa shape index (κ3) is 3.93. The van der Waals surface area contributed by atoms with E-state index in [0.717, 1.165) is 29.9 Å². The van der Waals surface area contributed by atoms with E-state index in [-0.39, 0.29) is 5.92 Å². The first-order valence-corrected chi connectivity index (χ1v) is 10.3. The molecule has 12 heteroatoms. The molecule has 32 heavy (non-hydrogen) atoms. The van der Waals surface area contributed by atoms with Crippen molar-refractivity contribution in [3.05, 3.63) is 36.3 Å². The molecule has 0 radical (unpaired) electrons. The van der Waals surface area contributed by atoms with Crippen LogP contribution >= 0.6 is 0 Å². The van der Waals surface area contributed by atoms with Gasteiger partial charge in [0.15, 0.2) is 5.65 Å². The number of alkyl halides is 5. The van der Waals surface area contributed by atoms with Gasteiger partial charge in [-0.2, -0.15) is 18.3 Å². The highest BCUT2D eigenvalue weighted by atomic mass is 19.4. The summed E-state index contributed by atoms with van der Waals surface area (Å²) in [5.74, 6) is 1.84. The van der Waals surface area contributed by atoms with Crippen molar-refractivity contribution in [1.82, 2.24) is 24.7 Å². The average Bonchev–Trinajstić information content (AvgIpc) is 3.36. The van der Waals surface area contributed by atoms with Crippen LogP contribution in [0, 0.1) is 11.8 Å². The third-order valence-corrected chi connectivity index (χ3v) is 6.17. The smallest absolute Gasteiger partial charge is 0.356 e. The van der Waals surface area contributed by atoms with Gasteiger partial charge in [-0.1, -0.05) is 0 Å². The summed E-state index contributed by atoms with van der Waals surface area (Å²) in [5, 5.41) is 3.95. The maximum absolute atomic E-state index is 12.8. The lowest BCUT2D eigenvalue weighted by Gasteiger charge is -2.35.